The molecule has 0 aliphatic heterocycles. The van der Waals surface area contributed by atoms with Crippen LogP contribution in [0.3, 0.4) is 0 Å². The van der Waals surface area contributed by atoms with Crippen LogP contribution >= 0.6 is 0 Å². The average molecular weight is 578 g/mol. The van der Waals surface area contributed by atoms with Crippen LogP contribution in [0.1, 0.15) is 22.4 Å². The third kappa shape index (κ3) is 5.03. The van der Waals surface area contributed by atoms with Crippen LogP contribution < -0.4 is 0 Å². The SMILES string of the molecule is C=C/C=C\c1c(C)n2c(-c3ccc(C)cc3)c(-c3ccc(C#N)cc3)nc2c2cc(-c3ccc(-c4ccccc4)cc3)ccc12. The Labute approximate surface area is 263 Å². The van der Waals surface area contributed by atoms with Gasteiger partial charge in [0.15, 0.2) is 0 Å². The Morgan fingerprint density at radius 2 is 1.27 bits per heavy atom. The van der Waals surface area contributed by atoms with E-state index in [9.17, 15) is 5.26 Å². The topological polar surface area (TPSA) is 41.1 Å². The Morgan fingerprint density at radius 1 is 0.667 bits per heavy atom. The van der Waals surface area contributed by atoms with Gasteiger partial charge in [-0.1, -0.05) is 133 Å². The lowest BCUT2D eigenvalue weighted by atomic mass is 9.96. The van der Waals surface area contributed by atoms with Crippen molar-refractivity contribution in [3.05, 3.63) is 162 Å². The minimum atomic E-state index is 0.626. The molecule has 0 N–H and O–H groups in total. The lowest BCUT2D eigenvalue weighted by molar-refractivity contribution is 1.10. The summed E-state index contributed by atoms with van der Waals surface area (Å²) in [5.74, 6) is 0. The highest BCUT2D eigenvalue weighted by molar-refractivity contribution is 6.04. The molecule has 0 aliphatic carbocycles. The van der Waals surface area contributed by atoms with Crippen LogP contribution in [0.4, 0.5) is 0 Å². The Hall–Kier alpha value is -5.98. The number of hydrogen-bond donors (Lipinski definition) is 0. The number of nitriles is 1. The molecule has 0 amide bonds. The number of aromatic nitrogens is 2. The van der Waals surface area contributed by atoms with Gasteiger partial charge in [0.05, 0.1) is 23.0 Å². The standard InChI is InChI=1S/C42H31N3/c1-4-5-11-37-29(3)45-41(35-16-12-28(2)13-17-35)40(34-18-14-30(27-43)15-19-34)44-42(45)39-26-36(24-25-38(37)39)33-22-20-32(21-23-33)31-9-7-6-8-10-31/h4-26H,1H2,2-3H3/b11-5-. The van der Waals surface area contributed by atoms with Gasteiger partial charge in [0.1, 0.15) is 5.65 Å². The third-order valence-corrected chi connectivity index (χ3v) is 8.49. The smallest absolute Gasteiger partial charge is 0.146 e. The number of nitrogens with zero attached hydrogens (tertiary/aromatic N) is 3. The predicted molar refractivity (Wildman–Crippen MR) is 188 cm³/mol. The van der Waals surface area contributed by atoms with Gasteiger partial charge in [0.25, 0.3) is 0 Å². The second kappa shape index (κ2) is 11.6. The van der Waals surface area contributed by atoms with Crippen molar-refractivity contribution in [3.63, 3.8) is 0 Å². The molecule has 7 rings (SSSR count). The van der Waals surface area contributed by atoms with Gasteiger partial charge < -0.3 is 0 Å². The number of aryl methyl sites for hydroxylation is 2. The van der Waals surface area contributed by atoms with Crippen molar-refractivity contribution in [2.75, 3.05) is 0 Å². The van der Waals surface area contributed by atoms with Gasteiger partial charge >= 0.3 is 0 Å². The van der Waals surface area contributed by atoms with Gasteiger partial charge in [-0.15, -0.1) is 0 Å². The number of rotatable bonds is 6. The molecule has 7 aromatic rings. The quantitative estimate of drug-likeness (QED) is 0.184. The van der Waals surface area contributed by atoms with Crippen LogP contribution in [-0.2, 0) is 0 Å². The van der Waals surface area contributed by atoms with E-state index in [-0.39, 0.29) is 0 Å². The molecular formula is C42H31N3. The maximum absolute atomic E-state index is 9.44. The van der Waals surface area contributed by atoms with Crippen LogP contribution in [-0.4, -0.2) is 9.38 Å². The Kier molecular flexibility index (Phi) is 7.17. The largest absolute Gasteiger partial charge is 0.295 e. The summed E-state index contributed by atoms with van der Waals surface area (Å²) < 4.78 is 2.30. The number of hydrogen-bond acceptors (Lipinski definition) is 2. The summed E-state index contributed by atoms with van der Waals surface area (Å²) in [6.07, 6.45) is 5.95. The first-order chi connectivity index (χ1) is 22.1. The lowest BCUT2D eigenvalue weighted by Gasteiger charge is -2.15. The van der Waals surface area contributed by atoms with Gasteiger partial charge in [-0.25, -0.2) is 4.98 Å². The molecule has 0 aliphatic rings. The normalized spacial score (nSPS) is 11.3. The minimum absolute atomic E-state index is 0.626. The van der Waals surface area contributed by atoms with Crippen molar-refractivity contribution in [2.45, 2.75) is 13.8 Å². The van der Waals surface area contributed by atoms with E-state index in [1.165, 1.54) is 16.7 Å². The molecule has 3 heteroatoms. The van der Waals surface area contributed by atoms with Gasteiger partial charge in [-0.05, 0) is 59.7 Å². The second-order valence-electron chi connectivity index (χ2n) is 11.3. The summed E-state index contributed by atoms with van der Waals surface area (Å²) >= 11 is 0. The number of pyridine rings is 1. The van der Waals surface area contributed by atoms with E-state index >= 15 is 0 Å². The second-order valence-corrected chi connectivity index (χ2v) is 11.3. The zero-order chi connectivity index (χ0) is 30.9. The summed E-state index contributed by atoms with van der Waals surface area (Å²) in [4.78, 5) is 5.37. The molecule has 0 radical (unpaired) electrons. The molecule has 214 valence electrons. The van der Waals surface area contributed by atoms with Crippen molar-refractivity contribution in [3.8, 4) is 50.8 Å². The molecule has 45 heavy (non-hydrogen) atoms. The zero-order valence-electron chi connectivity index (χ0n) is 25.3. The fourth-order valence-electron chi connectivity index (χ4n) is 6.13. The maximum Gasteiger partial charge on any atom is 0.146 e. The van der Waals surface area contributed by atoms with Crippen molar-refractivity contribution in [1.82, 2.24) is 9.38 Å². The fraction of sp³-hybridized carbons (Fsp3) is 0.0476. The lowest BCUT2D eigenvalue weighted by Crippen LogP contribution is -2.00. The summed E-state index contributed by atoms with van der Waals surface area (Å²) in [7, 11) is 0. The van der Waals surface area contributed by atoms with E-state index in [4.69, 9.17) is 4.98 Å². The summed E-state index contributed by atoms with van der Waals surface area (Å²) in [5, 5.41) is 11.6. The van der Waals surface area contributed by atoms with Gasteiger partial charge in [0.2, 0.25) is 0 Å². The van der Waals surface area contributed by atoms with Gasteiger partial charge in [-0.2, -0.15) is 5.26 Å². The van der Waals surface area contributed by atoms with Crippen molar-refractivity contribution in [2.24, 2.45) is 0 Å². The first-order valence-electron chi connectivity index (χ1n) is 15.1. The number of allylic oxidation sites excluding steroid dienone is 2. The Morgan fingerprint density at radius 3 is 1.93 bits per heavy atom. The molecule has 0 bridgehead atoms. The number of fused-ring (bicyclic) bond motifs is 3. The minimum Gasteiger partial charge on any atom is -0.295 e. The van der Waals surface area contributed by atoms with Crippen LogP contribution in [0.25, 0.3) is 67.3 Å². The monoisotopic (exact) mass is 577 g/mol. The van der Waals surface area contributed by atoms with E-state index in [1.807, 2.05) is 42.5 Å². The van der Waals surface area contributed by atoms with Crippen LogP contribution in [0.5, 0.6) is 0 Å². The molecule has 0 atom stereocenters. The number of benzene rings is 5. The van der Waals surface area contributed by atoms with Crippen molar-refractivity contribution in [1.29, 1.82) is 5.26 Å². The van der Waals surface area contributed by atoms with E-state index in [0.717, 1.165) is 61.3 Å². The molecule has 2 aromatic heterocycles. The summed E-state index contributed by atoms with van der Waals surface area (Å²) in [6, 6.07) is 44.5. The highest BCUT2D eigenvalue weighted by Gasteiger charge is 2.22. The summed E-state index contributed by atoms with van der Waals surface area (Å²) in [6.45, 7) is 8.19. The average Bonchev–Trinajstić information content (AvgIpc) is 3.50. The fourth-order valence-corrected chi connectivity index (χ4v) is 6.13. The zero-order valence-corrected chi connectivity index (χ0v) is 25.3. The van der Waals surface area contributed by atoms with Crippen molar-refractivity contribution < 1.29 is 0 Å². The molecule has 0 saturated carbocycles. The van der Waals surface area contributed by atoms with Crippen LogP contribution in [0.15, 0.2) is 140 Å². The molecule has 0 unspecified atom stereocenters. The summed E-state index contributed by atoms with van der Waals surface area (Å²) in [5.41, 5.74) is 13.6. The highest BCUT2D eigenvalue weighted by Crippen LogP contribution is 2.39. The molecular weight excluding hydrogens is 546 g/mol. The Balaban J connectivity index is 1.51. The van der Waals surface area contributed by atoms with Crippen LogP contribution in [0.2, 0.25) is 0 Å². The van der Waals surface area contributed by atoms with Gasteiger partial charge in [-0.3, -0.25) is 4.40 Å². The predicted octanol–water partition coefficient (Wildman–Crippen LogP) is 10.8. The highest BCUT2D eigenvalue weighted by atomic mass is 15.0. The van der Waals surface area contributed by atoms with Crippen molar-refractivity contribution >= 4 is 22.5 Å². The first kappa shape index (κ1) is 27.8. The maximum atomic E-state index is 9.44. The van der Waals surface area contributed by atoms with Gasteiger partial charge in [0, 0.05) is 27.8 Å². The molecule has 0 spiro atoms. The number of imidazole rings is 1. The molecule has 0 saturated heterocycles. The first-order valence-corrected chi connectivity index (χ1v) is 15.1. The Bertz CT molecular complexity index is 2260. The molecule has 2 heterocycles. The van der Waals surface area contributed by atoms with E-state index < -0.39 is 0 Å². The van der Waals surface area contributed by atoms with E-state index in [0.29, 0.717) is 5.56 Å². The molecule has 5 aromatic carbocycles. The van der Waals surface area contributed by atoms with E-state index in [1.54, 1.807) is 0 Å². The molecule has 0 fully saturated rings. The third-order valence-electron chi connectivity index (χ3n) is 8.49. The van der Waals surface area contributed by atoms with E-state index in [2.05, 4.69) is 128 Å². The molecule has 3 nitrogen and oxygen atoms in total. The van der Waals surface area contributed by atoms with Crippen LogP contribution in [0, 0.1) is 25.2 Å².